The van der Waals surface area contributed by atoms with Gasteiger partial charge in [0.05, 0.1) is 6.61 Å². The van der Waals surface area contributed by atoms with Crippen molar-refractivity contribution in [3.05, 3.63) is 0 Å². The molecule has 2 heterocycles. The molecule has 0 aromatic carbocycles. The summed E-state index contributed by atoms with van der Waals surface area (Å²) in [5.41, 5.74) is 0. The molecule has 2 fully saturated rings. The molecular formula is C12H18O8. The van der Waals surface area contributed by atoms with Gasteiger partial charge in [-0.05, 0) is 6.92 Å². The summed E-state index contributed by atoms with van der Waals surface area (Å²) < 4.78 is 26.2. The van der Waals surface area contributed by atoms with Crippen LogP contribution in [0.1, 0.15) is 20.8 Å². The van der Waals surface area contributed by atoms with E-state index < -0.39 is 48.9 Å². The molecule has 8 heteroatoms. The Morgan fingerprint density at radius 2 is 1.70 bits per heavy atom. The first-order chi connectivity index (χ1) is 9.38. The fourth-order valence-corrected chi connectivity index (χ4v) is 2.33. The first kappa shape index (κ1) is 15.2. The van der Waals surface area contributed by atoms with Crippen LogP contribution in [0.15, 0.2) is 0 Å². The summed E-state index contributed by atoms with van der Waals surface area (Å²) >= 11 is 0. The van der Waals surface area contributed by atoms with Gasteiger partial charge in [-0.2, -0.15) is 0 Å². The van der Waals surface area contributed by atoms with Crippen LogP contribution in [0.5, 0.6) is 0 Å². The average Bonchev–Trinajstić information content (AvgIpc) is 2.33. The lowest BCUT2D eigenvalue weighted by molar-refractivity contribution is -0.350. The van der Waals surface area contributed by atoms with Gasteiger partial charge in [-0.1, -0.05) is 0 Å². The van der Waals surface area contributed by atoms with Crippen molar-refractivity contribution in [3.8, 4) is 0 Å². The van der Waals surface area contributed by atoms with E-state index in [0.29, 0.717) is 0 Å². The van der Waals surface area contributed by atoms with Crippen LogP contribution in [0.4, 0.5) is 0 Å². The highest BCUT2D eigenvalue weighted by Crippen LogP contribution is 2.31. The zero-order chi connectivity index (χ0) is 14.9. The molecule has 114 valence electrons. The first-order valence-corrected chi connectivity index (χ1v) is 6.33. The second-order valence-electron chi connectivity index (χ2n) is 4.71. The highest BCUT2D eigenvalue weighted by atomic mass is 16.7. The van der Waals surface area contributed by atoms with Crippen molar-refractivity contribution in [1.82, 2.24) is 0 Å². The van der Waals surface area contributed by atoms with Gasteiger partial charge < -0.3 is 28.8 Å². The molecule has 2 aliphatic rings. The van der Waals surface area contributed by atoms with Gasteiger partial charge in [0.25, 0.3) is 0 Å². The van der Waals surface area contributed by atoms with Crippen LogP contribution in [-0.4, -0.2) is 60.6 Å². The van der Waals surface area contributed by atoms with Crippen molar-refractivity contribution in [1.29, 1.82) is 0 Å². The SMILES string of the molecule is CC(=O)O[C@H]1[C@H](OC(C)=O)[C@@H](O)O[C@@H]2COC(C)O[C@@H]12. The summed E-state index contributed by atoms with van der Waals surface area (Å²) in [5, 5.41) is 9.90. The van der Waals surface area contributed by atoms with Crippen LogP contribution >= 0.6 is 0 Å². The van der Waals surface area contributed by atoms with E-state index in [1.54, 1.807) is 6.92 Å². The number of carbonyl (C=O) groups excluding carboxylic acids is 2. The minimum atomic E-state index is -1.41. The van der Waals surface area contributed by atoms with Gasteiger partial charge in [-0.15, -0.1) is 0 Å². The molecule has 0 aliphatic carbocycles. The lowest BCUT2D eigenvalue weighted by Crippen LogP contribution is -2.64. The molecule has 0 amide bonds. The van der Waals surface area contributed by atoms with Crippen molar-refractivity contribution < 1.29 is 38.4 Å². The Bertz CT molecular complexity index is 384. The summed E-state index contributed by atoms with van der Waals surface area (Å²) in [5.74, 6) is -1.18. The molecule has 1 unspecified atom stereocenters. The lowest BCUT2D eigenvalue weighted by atomic mass is 9.97. The minimum Gasteiger partial charge on any atom is -0.455 e. The third-order valence-electron chi connectivity index (χ3n) is 3.06. The molecule has 2 aliphatic heterocycles. The lowest BCUT2D eigenvalue weighted by Gasteiger charge is -2.46. The van der Waals surface area contributed by atoms with Crippen LogP contribution < -0.4 is 0 Å². The quantitative estimate of drug-likeness (QED) is 0.668. The third kappa shape index (κ3) is 3.26. The molecule has 20 heavy (non-hydrogen) atoms. The number of aliphatic hydroxyl groups is 1. The van der Waals surface area contributed by atoms with E-state index in [0.717, 1.165) is 0 Å². The zero-order valence-electron chi connectivity index (χ0n) is 11.5. The fourth-order valence-electron chi connectivity index (χ4n) is 2.33. The number of hydrogen-bond donors (Lipinski definition) is 1. The molecule has 0 radical (unpaired) electrons. The van der Waals surface area contributed by atoms with Gasteiger partial charge in [0, 0.05) is 13.8 Å². The van der Waals surface area contributed by atoms with Crippen molar-refractivity contribution >= 4 is 11.9 Å². The monoisotopic (exact) mass is 290 g/mol. The normalized spacial score (nSPS) is 40.6. The molecule has 0 spiro atoms. The predicted octanol–water partition coefficient (Wildman–Crippen LogP) is -0.672. The molecule has 6 atom stereocenters. The minimum absolute atomic E-state index is 0.188. The van der Waals surface area contributed by atoms with E-state index in [4.69, 9.17) is 23.7 Å². The van der Waals surface area contributed by atoms with Crippen LogP contribution in [0.2, 0.25) is 0 Å². The van der Waals surface area contributed by atoms with Crippen molar-refractivity contribution in [2.24, 2.45) is 0 Å². The van der Waals surface area contributed by atoms with E-state index in [-0.39, 0.29) is 6.61 Å². The Morgan fingerprint density at radius 3 is 2.30 bits per heavy atom. The molecule has 1 N–H and O–H groups in total. The maximum atomic E-state index is 11.2. The Labute approximate surface area is 115 Å². The highest BCUT2D eigenvalue weighted by molar-refractivity contribution is 5.67. The van der Waals surface area contributed by atoms with Crippen molar-refractivity contribution in [2.45, 2.75) is 57.8 Å². The number of fused-ring (bicyclic) bond motifs is 1. The van der Waals surface area contributed by atoms with E-state index in [9.17, 15) is 14.7 Å². The highest BCUT2D eigenvalue weighted by Gasteiger charge is 2.52. The number of carbonyl (C=O) groups is 2. The second kappa shape index (κ2) is 6.04. The number of esters is 2. The van der Waals surface area contributed by atoms with Crippen molar-refractivity contribution in [2.75, 3.05) is 6.61 Å². The van der Waals surface area contributed by atoms with Crippen LogP contribution in [0, 0.1) is 0 Å². The third-order valence-corrected chi connectivity index (χ3v) is 3.06. The maximum Gasteiger partial charge on any atom is 0.303 e. The molecule has 0 saturated carbocycles. The van der Waals surface area contributed by atoms with Gasteiger partial charge in [-0.25, -0.2) is 0 Å². The van der Waals surface area contributed by atoms with E-state index in [2.05, 4.69) is 0 Å². The largest absolute Gasteiger partial charge is 0.455 e. The molecule has 2 rings (SSSR count). The van der Waals surface area contributed by atoms with E-state index >= 15 is 0 Å². The van der Waals surface area contributed by atoms with Crippen molar-refractivity contribution in [3.63, 3.8) is 0 Å². The Morgan fingerprint density at radius 1 is 1.10 bits per heavy atom. The second-order valence-corrected chi connectivity index (χ2v) is 4.71. The van der Waals surface area contributed by atoms with Gasteiger partial charge in [0.2, 0.25) is 0 Å². The average molecular weight is 290 g/mol. The molecule has 0 aromatic rings. The molecule has 2 saturated heterocycles. The summed E-state index contributed by atoms with van der Waals surface area (Å²) in [6.45, 7) is 4.29. The number of rotatable bonds is 2. The predicted molar refractivity (Wildman–Crippen MR) is 62.3 cm³/mol. The zero-order valence-corrected chi connectivity index (χ0v) is 11.5. The topological polar surface area (TPSA) is 101 Å². The number of aliphatic hydroxyl groups excluding tert-OH is 1. The summed E-state index contributed by atoms with van der Waals surface area (Å²) in [7, 11) is 0. The number of ether oxygens (including phenoxy) is 5. The Kier molecular flexibility index (Phi) is 4.59. The Balaban J connectivity index is 2.21. The summed E-state index contributed by atoms with van der Waals surface area (Å²) in [4.78, 5) is 22.4. The molecule has 0 bridgehead atoms. The van der Waals surface area contributed by atoms with Crippen LogP contribution in [0.3, 0.4) is 0 Å². The smallest absolute Gasteiger partial charge is 0.303 e. The van der Waals surface area contributed by atoms with E-state index in [1.165, 1.54) is 13.8 Å². The number of hydrogen-bond acceptors (Lipinski definition) is 8. The molecule has 0 aromatic heterocycles. The van der Waals surface area contributed by atoms with Crippen LogP contribution in [0.25, 0.3) is 0 Å². The maximum absolute atomic E-state index is 11.2. The Hall–Kier alpha value is -1.22. The molecular weight excluding hydrogens is 272 g/mol. The standard InChI is InChI=1S/C12H18O8/c1-5(13)17-10-9-8(4-16-7(3)19-9)20-12(15)11(10)18-6(2)14/h7-12,15H,4H2,1-3H3/t7?,8-,9-,10-,11+,12+/m1/s1. The fraction of sp³-hybridized carbons (Fsp3) is 0.833. The molecule has 8 nitrogen and oxygen atoms in total. The first-order valence-electron chi connectivity index (χ1n) is 6.33. The summed E-state index contributed by atoms with van der Waals surface area (Å²) in [6.07, 6.45) is -5.27. The van der Waals surface area contributed by atoms with Gasteiger partial charge in [-0.3, -0.25) is 9.59 Å². The van der Waals surface area contributed by atoms with Gasteiger partial charge in [0.15, 0.2) is 24.8 Å². The van der Waals surface area contributed by atoms with Crippen LogP contribution in [-0.2, 0) is 33.3 Å². The van der Waals surface area contributed by atoms with E-state index in [1.807, 2.05) is 0 Å². The summed E-state index contributed by atoms with van der Waals surface area (Å²) in [6, 6.07) is 0. The van der Waals surface area contributed by atoms with Gasteiger partial charge in [0.1, 0.15) is 12.2 Å². The van der Waals surface area contributed by atoms with Gasteiger partial charge >= 0.3 is 11.9 Å².